The summed E-state index contributed by atoms with van der Waals surface area (Å²) in [6.45, 7) is 0. The Morgan fingerprint density at radius 3 is 2.38 bits per heavy atom. The minimum Gasteiger partial charge on any atom is -0.389 e. The van der Waals surface area contributed by atoms with Crippen LogP contribution in [0.25, 0.3) is 10.1 Å². The van der Waals surface area contributed by atoms with E-state index in [1.807, 2.05) is 11.3 Å². The Labute approximate surface area is 130 Å². The number of rotatable bonds is 2. The number of hydrogen-bond acceptors (Lipinski definition) is 2. The number of benzene rings is 1. The lowest BCUT2D eigenvalue weighted by Gasteiger charge is -2.59. The van der Waals surface area contributed by atoms with E-state index in [-0.39, 0.29) is 0 Å². The van der Waals surface area contributed by atoms with Gasteiger partial charge in [0, 0.05) is 11.1 Å². The third kappa shape index (κ3) is 1.78. The van der Waals surface area contributed by atoms with Crippen molar-refractivity contribution in [2.75, 3.05) is 0 Å². The molecule has 1 heterocycles. The molecule has 1 nitrogen and oxygen atoms in total. The Kier molecular flexibility index (Phi) is 2.61. The van der Waals surface area contributed by atoms with Crippen LogP contribution < -0.4 is 0 Å². The molecule has 0 aliphatic heterocycles. The zero-order valence-corrected chi connectivity index (χ0v) is 13.1. The van der Waals surface area contributed by atoms with Crippen molar-refractivity contribution in [3.63, 3.8) is 0 Å². The molecule has 1 aromatic heterocycles. The maximum Gasteiger partial charge on any atom is 0.0744 e. The predicted octanol–water partition coefficient (Wildman–Crippen LogP) is 4.63. The summed E-state index contributed by atoms with van der Waals surface area (Å²) in [5, 5.41) is 15.2. The van der Waals surface area contributed by atoms with Gasteiger partial charge in [-0.15, -0.1) is 11.3 Å². The minimum atomic E-state index is -0.419. The van der Waals surface area contributed by atoms with E-state index in [4.69, 9.17) is 0 Å². The second-order valence-electron chi connectivity index (χ2n) is 7.73. The SMILES string of the molecule is OC1(Cc2csc3ccccc23)C2CC3CC(C2)CC1C3. The fourth-order valence-corrected chi connectivity index (χ4v) is 6.73. The Hall–Kier alpha value is -0.860. The van der Waals surface area contributed by atoms with Gasteiger partial charge in [0.05, 0.1) is 5.60 Å². The molecule has 0 atom stereocenters. The molecule has 1 aromatic carbocycles. The van der Waals surface area contributed by atoms with Gasteiger partial charge in [-0.2, -0.15) is 0 Å². The van der Waals surface area contributed by atoms with Crippen LogP contribution in [0.2, 0.25) is 0 Å². The molecular weight excluding hydrogens is 276 g/mol. The zero-order valence-electron chi connectivity index (χ0n) is 12.3. The fourth-order valence-electron chi connectivity index (χ4n) is 5.76. The molecule has 2 heteroatoms. The van der Waals surface area contributed by atoms with Crippen molar-refractivity contribution in [3.05, 3.63) is 35.2 Å². The van der Waals surface area contributed by atoms with Gasteiger partial charge in [-0.05, 0) is 78.2 Å². The van der Waals surface area contributed by atoms with E-state index in [2.05, 4.69) is 29.6 Å². The van der Waals surface area contributed by atoms with Gasteiger partial charge in [-0.25, -0.2) is 0 Å². The van der Waals surface area contributed by atoms with Crippen LogP contribution in [0.5, 0.6) is 0 Å². The second-order valence-corrected chi connectivity index (χ2v) is 8.64. The molecule has 4 aliphatic carbocycles. The molecule has 0 amide bonds. The van der Waals surface area contributed by atoms with E-state index in [0.717, 1.165) is 18.3 Å². The van der Waals surface area contributed by atoms with E-state index < -0.39 is 5.60 Å². The van der Waals surface area contributed by atoms with Gasteiger partial charge in [0.2, 0.25) is 0 Å². The van der Waals surface area contributed by atoms with Crippen LogP contribution in [-0.2, 0) is 6.42 Å². The summed E-state index contributed by atoms with van der Waals surface area (Å²) in [4.78, 5) is 0. The molecule has 110 valence electrons. The summed E-state index contributed by atoms with van der Waals surface area (Å²) in [6, 6.07) is 8.66. The van der Waals surface area contributed by atoms with Gasteiger partial charge >= 0.3 is 0 Å². The van der Waals surface area contributed by atoms with Crippen LogP contribution in [0.3, 0.4) is 0 Å². The first-order chi connectivity index (χ1) is 10.2. The molecule has 1 N–H and O–H groups in total. The topological polar surface area (TPSA) is 20.2 Å². The highest BCUT2D eigenvalue weighted by Gasteiger charge is 2.56. The average molecular weight is 298 g/mol. The highest BCUT2D eigenvalue weighted by atomic mass is 32.1. The van der Waals surface area contributed by atoms with Crippen molar-refractivity contribution in [2.24, 2.45) is 23.7 Å². The van der Waals surface area contributed by atoms with Gasteiger partial charge in [-0.1, -0.05) is 18.2 Å². The minimum absolute atomic E-state index is 0.419. The predicted molar refractivity (Wildman–Crippen MR) is 87.5 cm³/mol. The zero-order chi connectivity index (χ0) is 14.0. The Bertz CT molecular complexity index is 658. The van der Waals surface area contributed by atoms with Crippen molar-refractivity contribution >= 4 is 21.4 Å². The summed E-state index contributed by atoms with van der Waals surface area (Å²) in [7, 11) is 0. The van der Waals surface area contributed by atoms with Crippen LogP contribution in [0, 0.1) is 23.7 Å². The molecule has 21 heavy (non-hydrogen) atoms. The van der Waals surface area contributed by atoms with Crippen molar-refractivity contribution in [2.45, 2.75) is 44.1 Å². The quantitative estimate of drug-likeness (QED) is 0.857. The summed E-state index contributed by atoms with van der Waals surface area (Å²) in [5.74, 6) is 2.97. The lowest BCUT2D eigenvalue weighted by atomic mass is 9.49. The number of fused-ring (bicyclic) bond motifs is 1. The lowest BCUT2D eigenvalue weighted by molar-refractivity contribution is -0.171. The maximum atomic E-state index is 11.5. The largest absolute Gasteiger partial charge is 0.389 e. The first-order valence-electron chi connectivity index (χ1n) is 8.40. The first-order valence-corrected chi connectivity index (χ1v) is 9.28. The molecule has 4 saturated carbocycles. The number of thiophene rings is 1. The smallest absolute Gasteiger partial charge is 0.0744 e. The Balaban J connectivity index is 1.52. The van der Waals surface area contributed by atoms with Gasteiger partial charge < -0.3 is 5.11 Å². The van der Waals surface area contributed by atoms with Gasteiger partial charge in [0.1, 0.15) is 0 Å². The monoisotopic (exact) mass is 298 g/mol. The highest BCUT2D eigenvalue weighted by Crippen LogP contribution is 2.59. The van der Waals surface area contributed by atoms with Crippen molar-refractivity contribution in [1.29, 1.82) is 0 Å². The van der Waals surface area contributed by atoms with E-state index in [0.29, 0.717) is 11.8 Å². The third-order valence-electron chi connectivity index (χ3n) is 6.59. The molecule has 0 saturated heterocycles. The number of hydrogen-bond donors (Lipinski definition) is 1. The molecule has 0 unspecified atom stereocenters. The van der Waals surface area contributed by atoms with E-state index in [1.165, 1.54) is 47.8 Å². The lowest BCUT2D eigenvalue weighted by Crippen LogP contribution is -2.58. The maximum absolute atomic E-state index is 11.5. The summed E-state index contributed by atoms with van der Waals surface area (Å²) in [5.41, 5.74) is 0.961. The molecule has 0 spiro atoms. The fraction of sp³-hybridized carbons (Fsp3) is 0.579. The normalized spacial score (nSPS) is 41.0. The number of aliphatic hydroxyl groups is 1. The van der Waals surface area contributed by atoms with Crippen LogP contribution in [-0.4, -0.2) is 10.7 Å². The summed E-state index contributed by atoms with van der Waals surface area (Å²) < 4.78 is 1.36. The van der Waals surface area contributed by atoms with Crippen LogP contribution in [0.1, 0.15) is 37.7 Å². The molecule has 4 aliphatic rings. The van der Waals surface area contributed by atoms with Gasteiger partial charge in [0.25, 0.3) is 0 Å². The second kappa shape index (κ2) is 4.33. The van der Waals surface area contributed by atoms with Crippen LogP contribution in [0.4, 0.5) is 0 Å². The van der Waals surface area contributed by atoms with E-state index >= 15 is 0 Å². The molecule has 4 fully saturated rings. The van der Waals surface area contributed by atoms with E-state index in [1.54, 1.807) is 0 Å². The summed E-state index contributed by atoms with van der Waals surface area (Å²) >= 11 is 1.83. The Morgan fingerprint density at radius 2 is 1.67 bits per heavy atom. The van der Waals surface area contributed by atoms with Crippen LogP contribution >= 0.6 is 11.3 Å². The molecular formula is C19H22OS. The van der Waals surface area contributed by atoms with E-state index in [9.17, 15) is 5.11 Å². The Morgan fingerprint density at radius 1 is 1.00 bits per heavy atom. The first kappa shape index (κ1) is 12.7. The van der Waals surface area contributed by atoms with Crippen molar-refractivity contribution in [3.8, 4) is 0 Å². The standard InChI is InChI=1S/C19H22OS/c20-19(10-14-11-21-18-4-2-1-3-17(14)18)15-6-12-5-13(8-15)9-16(19)7-12/h1-4,11-13,15-16,20H,5-10H2. The third-order valence-corrected chi connectivity index (χ3v) is 7.60. The summed E-state index contributed by atoms with van der Waals surface area (Å²) in [6.07, 6.45) is 7.46. The average Bonchev–Trinajstić information content (AvgIpc) is 2.88. The molecule has 0 radical (unpaired) electrons. The van der Waals surface area contributed by atoms with Crippen molar-refractivity contribution in [1.82, 2.24) is 0 Å². The van der Waals surface area contributed by atoms with Gasteiger partial charge in [0.15, 0.2) is 0 Å². The van der Waals surface area contributed by atoms with Crippen molar-refractivity contribution < 1.29 is 5.11 Å². The van der Waals surface area contributed by atoms with Gasteiger partial charge in [-0.3, -0.25) is 0 Å². The van der Waals surface area contributed by atoms with Crippen LogP contribution in [0.15, 0.2) is 29.6 Å². The molecule has 4 bridgehead atoms. The highest BCUT2D eigenvalue weighted by molar-refractivity contribution is 7.17. The molecule has 2 aromatic rings. The molecule has 6 rings (SSSR count).